The van der Waals surface area contributed by atoms with Crippen molar-refractivity contribution in [2.45, 2.75) is 50.3 Å². The first-order valence-corrected chi connectivity index (χ1v) is 12.6. The smallest absolute Gasteiger partial charge is 0.387 e. The molecule has 3 aromatic heterocycles. The number of benzene rings is 1. The van der Waals surface area contributed by atoms with Gasteiger partial charge in [0.25, 0.3) is 5.91 Å². The number of nitrogens with one attached hydrogen (secondary N) is 1. The molecule has 1 amide bonds. The number of nitrogens with two attached hydrogens (primary N) is 1. The molecule has 3 N–H and O–H groups in total. The van der Waals surface area contributed by atoms with Crippen LogP contribution in [0.25, 0.3) is 16.6 Å². The molecule has 196 valence electrons. The number of pyridine rings is 1. The van der Waals surface area contributed by atoms with Crippen molar-refractivity contribution in [3.8, 4) is 22.9 Å². The number of hydrogen-bond donors (Lipinski definition) is 2. The van der Waals surface area contributed by atoms with Gasteiger partial charge in [-0.3, -0.25) is 4.79 Å². The number of alkyl halides is 2. The van der Waals surface area contributed by atoms with Crippen LogP contribution in [0.4, 0.5) is 8.78 Å². The zero-order chi connectivity index (χ0) is 27.1. The van der Waals surface area contributed by atoms with Crippen molar-refractivity contribution in [2.24, 2.45) is 11.1 Å². The molecule has 2 aliphatic carbocycles. The number of carbonyl (C=O) groups is 1. The van der Waals surface area contributed by atoms with Crippen molar-refractivity contribution in [1.82, 2.24) is 24.9 Å². The van der Waals surface area contributed by atoms with E-state index in [1.807, 2.05) is 25.3 Å². The first kappa shape index (κ1) is 23.7. The molecule has 0 saturated heterocycles. The van der Waals surface area contributed by atoms with E-state index >= 15 is 0 Å². The standard InChI is InChI=1S/C28H23F2N7O2/c1-27(13-31)11-28(32,12-27)25-33-9-15(10-34-25)14-5-6-37-19(7-14)22-17-8-18(23(22)36-37)35-24(38)16-3-2-4-20(21(16)17)39-26(29)30/h2-7,9-10,17-18,26H,8,11-12,32H2,1H3,(H,35,38). The second-order valence-corrected chi connectivity index (χ2v) is 10.9. The van der Waals surface area contributed by atoms with Crippen LogP contribution in [0.15, 0.2) is 48.9 Å². The molecule has 2 atom stereocenters. The number of halogens is 2. The minimum absolute atomic E-state index is 0.00477. The van der Waals surface area contributed by atoms with Gasteiger partial charge in [-0.1, -0.05) is 6.07 Å². The highest BCUT2D eigenvalue weighted by molar-refractivity contribution is 5.98. The lowest BCUT2D eigenvalue weighted by Gasteiger charge is -2.47. The molecule has 1 saturated carbocycles. The van der Waals surface area contributed by atoms with Gasteiger partial charge < -0.3 is 15.8 Å². The van der Waals surface area contributed by atoms with E-state index in [9.17, 15) is 18.8 Å². The maximum atomic E-state index is 13.3. The quantitative estimate of drug-likeness (QED) is 0.407. The molecule has 3 aliphatic rings. The van der Waals surface area contributed by atoms with E-state index in [2.05, 4.69) is 21.4 Å². The lowest BCUT2D eigenvalue weighted by Crippen LogP contribution is -2.54. The number of amides is 1. The van der Waals surface area contributed by atoms with Crippen LogP contribution in [0.1, 0.15) is 71.1 Å². The van der Waals surface area contributed by atoms with Gasteiger partial charge in [-0.15, -0.1) is 0 Å². The highest BCUT2D eigenvalue weighted by atomic mass is 19.3. The minimum Gasteiger partial charge on any atom is -0.434 e. The summed E-state index contributed by atoms with van der Waals surface area (Å²) in [7, 11) is 0. The third-order valence-electron chi connectivity index (χ3n) is 8.14. The molecule has 1 aliphatic heterocycles. The van der Waals surface area contributed by atoms with Gasteiger partial charge in [0, 0.05) is 46.8 Å². The molecule has 2 unspecified atom stereocenters. The topological polar surface area (TPSA) is 131 Å². The van der Waals surface area contributed by atoms with E-state index in [1.54, 1.807) is 29.0 Å². The van der Waals surface area contributed by atoms with Crippen molar-refractivity contribution < 1.29 is 18.3 Å². The van der Waals surface area contributed by atoms with Crippen molar-refractivity contribution in [2.75, 3.05) is 0 Å². The van der Waals surface area contributed by atoms with Crippen molar-refractivity contribution in [3.63, 3.8) is 0 Å². The van der Waals surface area contributed by atoms with Crippen LogP contribution in [-0.2, 0) is 5.54 Å². The first-order valence-electron chi connectivity index (χ1n) is 12.6. The van der Waals surface area contributed by atoms with E-state index in [0.29, 0.717) is 41.9 Å². The Morgan fingerprint density at radius 3 is 2.69 bits per heavy atom. The van der Waals surface area contributed by atoms with E-state index in [-0.39, 0.29) is 23.6 Å². The normalized spacial score (nSPS) is 26.8. The Kier molecular flexibility index (Phi) is 4.88. The molecule has 1 fully saturated rings. The fourth-order valence-electron chi connectivity index (χ4n) is 6.58. The Hall–Kier alpha value is -4.43. The fraction of sp³-hybridized carbons (Fsp3) is 0.321. The summed E-state index contributed by atoms with van der Waals surface area (Å²) in [6.07, 6.45) is 6.76. The average Bonchev–Trinajstić information content (AvgIpc) is 3.39. The second-order valence-electron chi connectivity index (χ2n) is 10.9. The maximum absolute atomic E-state index is 13.3. The largest absolute Gasteiger partial charge is 0.434 e. The van der Waals surface area contributed by atoms with Gasteiger partial charge in [-0.05, 0) is 56.0 Å². The highest BCUT2D eigenvalue weighted by Crippen LogP contribution is 2.52. The molecule has 0 radical (unpaired) electrons. The number of ether oxygens (including phenoxy) is 1. The summed E-state index contributed by atoms with van der Waals surface area (Å²) in [6.45, 7) is -1.13. The minimum atomic E-state index is -3.01. The summed E-state index contributed by atoms with van der Waals surface area (Å²) >= 11 is 0. The van der Waals surface area contributed by atoms with Crippen LogP contribution in [0.3, 0.4) is 0 Å². The molecular formula is C28H23F2N7O2. The van der Waals surface area contributed by atoms with E-state index in [0.717, 1.165) is 22.2 Å². The molecule has 1 aromatic carbocycles. The van der Waals surface area contributed by atoms with Crippen LogP contribution in [0, 0.1) is 16.7 Å². The average molecular weight is 528 g/mol. The van der Waals surface area contributed by atoms with Crippen LogP contribution >= 0.6 is 0 Å². The van der Waals surface area contributed by atoms with Crippen LogP contribution in [0.5, 0.6) is 5.75 Å². The SMILES string of the molecule is CC1(C#N)CC(N)(c2ncc(-c3ccn4nc5c(c4c3)C3CC5NC(=O)c4cccc(OC(F)F)c43)cn2)C1. The lowest BCUT2D eigenvalue weighted by atomic mass is 9.59. The zero-order valence-electron chi connectivity index (χ0n) is 20.9. The first-order chi connectivity index (χ1) is 18.7. The summed E-state index contributed by atoms with van der Waals surface area (Å²) in [5, 5.41) is 17.1. The highest BCUT2D eigenvalue weighted by Gasteiger charge is 2.52. The van der Waals surface area contributed by atoms with Gasteiger partial charge in [-0.25, -0.2) is 14.5 Å². The Morgan fingerprint density at radius 1 is 1.21 bits per heavy atom. The van der Waals surface area contributed by atoms with Gasteiger partial charge >= 0.3 is 6.61 Å². The Balaban J connectivity index is 1.29. The van der Waals surface area contributed by atoms with E-state index < -0.39 is 17.6 Å². The van der Waals surface area contributed by atoms with E-state index in [4.69, 9.17) is 15.6 Å². The number of aromatic nitrogens is 4. The van der Waals surface area contributed by atoms with E-state index in [1.165, 1.54) is 6.07 Å². The molecule has 39 heavy (non-hydrogen) atoms. The monoisotopic (exact) mass is 527 g/mol. The Bertz CT molecular complexity index is 1700. The summed E-state index contributed by atoms with van der Waals surface area (Å²) in [4.78, 5) is 22.0. The predicted octanol–water partition coefficient (Wildman–Crippen LogP) is 4.19. The number of carbonyl (C=O) groups excluding carboxylic acids is 1. The maximum Gasteiger partial charge on any atom is 0.387 e. The molecule has 4 aromatic rings. The zero-order valence-corrected chi connectivity index (χ0v) is 20.9. The van der Waals surface area contributed by atoms with Crippen LogP contribution < -0.4 is 15.8 Å². The fourth-order valence-corrected chi connectivity index (χ4v) is 6.58. The molecule has 2 bridgehead atoms. The summed E-state index contributed by atoms with van der Waals surface area (Å²) < 4.78 is 33.1. The second kappa shape index (κ2) is 8.04. The van der Waals surface area contributed by atoms with Crippen molar-refractivity contribution >= 4 is 11.4 Å². The Morgan fingerprint density at radius 2 is 1.97 bits per heavy atom. The molecule has 7 rings (SSSR count). The van der Waals surface area contributed by atoms with Gasteiger partial charge in [0.2, 0.25) is 0 Å². The summed E-state index contributed by atoms with van der Waals surface area (Å²) in [6, 6.07) is 10.5. The molecule has 9 nitrogen and oxygen atoms in total. The number of nitrogens with zero attached hydrogens (tertiary/aromatic N) is 5. The molecular weight excluding hydrogens is 504 g/mol. The number of rotatable bonds is 4. The number of hydrogen-bond acceptors (Lipinski definition) is 7. The van der Waals surface area contributed by atoms with Gasteiger partial charge in [0.1, 0.15) is 11.6 Å². The molecule has 11 heteroatoms. The van der Waals surface area contributed by atoms with Crippen LogP contribution in [0.2, 0.25) is 0 Å². The summed E-state index contributed by atoms with van der Waals surface area (Å²) in [5.41, 5.74) is 10.1. The van der Waals surface area contributed by atoms with Gasteiger partial charge in [-0.2, -0.15) is 19.1 Å². The predicted molar refractivity (Wildman–Crippen MR) is 135 cm³/mol. The lowest BCUT2D eigenvalue weighted by molar-refractivity contribution is -0.0505. The third-order valence-corrected chi connectivity index (χ3v) is 8.14. The number of nitriles is 1. The van der Waals surface area contributed by atoms with Crippen molar-refractivity contribution in [3.05, 3.63) is 77.1 Å². The Labute approximate surface area is 221 Å². The molecule has 0 spiro atoms. The van der Waals surface area contributed by atoms with Crippen molar-refractivity contribution in [1.29, 1.82) is 5.26 Å². The van der Waals surface area contributed by atoms with Gasteiger partial charge in [0.05, 0.1) is 34.3 Å². The molecule has 4 heterocycles. The third kappa shape index (κ3) is 3.51. The summed E-state index contributed by atoms with van der Waals surface area (Å²) in [5.74, 6) is -0.188. The van der Waals surface area contributed by atoms with Gasteiger partial charge in [0.15, 0.2) is 0 Å². The van der Waals surface area contributed by atoms with Crippen LogP contribution in [-0.4, -0.2) is 32.1 Å². The number of fused-ring (bicyclic) bond motifs is 9.